The second-order valence-corrected chi connectivity index (χ2v) is 6.24. The lowest BCUT2D eigenvalue weighted by Gasteiger charge is -2.37. The van der Waals surface area contributed by atoms with Crippen molar-refractivity contribution in [1.29, 1.82) is 0 Å². The van der Waals surface area contributed by atoms with Crippen LogP contribution in [0.15, 0.2) is 29.3 Å². The zero-order valence-electron chi connectivity index (χ0n) is 15.5. The summed E-state index contributed by atoms with van der Waals surface area (Å²) < 4.78 is 40.2. The highest BCUT2D eigenvalue weighted by atomic mass is 127. The fraction of sp³-hybridized carbons (Fsp3) is 0.588. The number of nitrogens with two attached hydrogens (primary N) is 1. The minimum atomic E-state index is -4.70. The molecule has 1 atom stereocenters. The van der Waals surface area contributed by atoms with Crippen molar-refractivity contribution in [3.63, 3.8) is 0 Å². The molecule has 27 heavy (non-hydrogen) atoms. The summed E-state index contributed by atoms with van der Waals surface area (Å²) in [5.41, 5.74) is 6.41. The van der Waals surface area contributed by atoms with Gasteiger partial charge in [0.05, 0.1) is 6.54 Å². The minimum absolute atomic E-state index is 0. The van der Waals surface area contributed by atoms with E-state index in [4.69, 9.17) is 5.73 Å². The van der Waals surface area contributed by atoms with Gasteiger partial charge in [0.25, 0.3) is 0 Å². The zero-order chi connectivity index (χ0) is 19.2. The summed E-state index contributed by atoms with van der Waals surface area (Å²) in [5.74, 6) is -0.0491. The molecule has 154 valence electrons. The molecule has 1 unspecified atom stereocenters. The van der Waals surface area contributed by atoms with Crippen LogP contribution < -0.4 is 15.8 Å². The van der Waals surface area contributed by atoms with Crippen LogP contribution in [0.2, 0.25) is 0 Å². The van der Waals surface area contributed by atoms with Gasteiger partial charge in [-0.1, -0.05) is 6.92 Å². The molecule has 0 aliphatic carbocycles. The van der Waals surface area contributed by atoms with Crippen molar-refractivity contribution in [2.45, 2.75) is 26.3 Å². The third-order valence-corrected chi connectivity index (χ3v) is 4.36. The maximum Gasteiger partial charge on any atom is 0.573 e. The molecule has 0 saturated carbocycles. The van der Waals surface area contributed by atoms with Crippen molar-refractivity contribution >= 4 is 35.6 Å². The quantitative estimate of drug-likeness (QED) is 0.357. The number of benzene rings is 1. The van der Waals surface area contributed by atoms with E-state index in [0.29, 0.717) is 12.2 Å². The van der Waals surface area contributed by atoms with Crippen LogP contribution in [0.5, 0.6) is 5.75 Å². The highest BCUT2D eigenvalue weighted by Crippen LogP contribution is 2.23. The van der Waals surface area contributed by atoms with Gasteiger partial charge in [0.1, 0.15) is 5.75 Å². The third kappa shape index (κ3) is 8.52. The summed E-state index contributed by atoms with van der Waals surface area (Å²) in [6.45, 7) is 10.1. The molecule has 0 bridgehead atoms. The van der Waals surface area contributed by atoms with Gasteiger partial charge in [0, 0.05) is 37.9 Å². The smallest absolute Gasteiger partial charge is 0.406 e. The fourth-order valence-electron chi connectivity index (χ4n) is 2.79. The monoisotopic (exact) mass is 501 g/mol. The first-order valence-electron chi connectivity index (χ1n) is 8.66. The lowest BCUT2D eigenvalue weighted by Crippen LogP contribution is -2.50. The number of anilines is 1. The van der Waals surface area contributed by atoms with Crippen LogP contribution in [0.4, 0.5) is 18.9 Å². The van der Waals surface area contributed by atoms with Crippen molar-refractivity contribution < 1.29 is 17.9 Å². The lowest BCUT2D eigenvalue weighted by molar-refractivity contribution is -0.274. The standard InChI is InChI=1S/C17H26F3N5O.HI/c1-3-24-8-10-25(11-9-24)13(2)12-22-16(21)23-14-4-6-15(7-5-14)26-17(18,19)20;/h4-7,13H,3,8-12H2,1-2H3,(H3,21,22,23);1H. The van der Waals surface area contributed by atoms with Crippen molar-refractivity contribution in [1.82, 2.24) is 9.80 Å². The van der Waals surface area contributed by atoms with E-state index < -0.39 is 6.36 Å². The number of ether oxygens (including phenoxy) is 1. The Balaban J connectivity index is 0.00000364. The van der Waals surface area contributed by atoms with E-state index in [2.05, 4.69) is 38.7 Å². The molecule has 3 N–H and O–H groups in total. The molecule has 10 heteroatoms. The van der Waals surface area contributed by atoms with Gasteiger partial charge < -0.3 is 20.7 Å². The zero-order valence-corrected chi connectivity index (χ0v) is 17.8. The number of guanidine groups is 1. The van der Waals surface area contributed by atoms with E-state index in [9.17, 15) is 13.2 Å². The predicted octanol–water partition coefficient (Wildman–Crippen LogP) is 2.96. The summed E-state index contributed by atoms with van der Waals surface area (Å²) in [4.78, 5) is 9.12. The van der Waals surface area contributed by atoms with Gasteiger partial charge in [-0.05, 0) is 37.7 Å². The predicted molar refractivity (Wildman–Crippen MR) is 112 cm³/mol. The van der Waals surface area contributed by atoms with Crippen LogP contribution in [0, 0.1) is 0 Å². The summed E-state index contributed by atoms with van der Waals surface area (Å²) in [5, 5.41) is 2.87. The van der Waals surface area contributed by atoms with Gasteiger partial charge in [-0.25, -0.2) is 0 Å². The van der Waals surface area contributed by atoms with Crippen LogP contribution in [0.3, 0.4) is 0 Å². The molecular formula is C17H27F3IN5O. The molecule has 1 aromatic rings. The van der Waals surface area contributed by atoms with E-state index in [-0.39, 0.29) is 41.7 Å². The lowest BCUT2D eigenvalue weighted by atomic mass is 10.2. The molecular weight excluding hydrogens is 474 g/mol. The third-order valence-electron chi connectivity index (χ3n) is 4.36. The largest absolute Gasteiger partial charge is 0.573 e. The van der Waals surface area contributed by atoms with Crippen molar-refractivity contribution in [3.8, 4) is 5.75 Å². The number of nitrogens with zero attached hydrogens (tertiary/aromatic N) is 3. The Hall–Kier alpha value is -1.27. The van der Waals surface area contributed by atoms with Crippen LogP contribution in [-0.2, 0) is 0 Å². The SMILES string of the molecule is CCN1CCN(C(C)CN=C(N)Nc2ccc(OC(F)(F)F)cc2)CC1.I. The molecule has 1 aliphatic heterocycles. The normalized spacial score (nSPS) is 17.9. The number of hydrogen-bond donors (Lipinski definition) is 2. The second-order valence-electron chi connectivity index (χ2n) is 6.24. The molecule has 0 radical (unpaired) electrons. The Morgan fingerprint density at radius 1 is 1.22 bits per heavy atom. The Kier molecular flexibility index (Phi) is 9.60. The molecule has 2 rings (SSSR count). The number of halogens is 4. The van der Waals surface area contributed by atoms with Gasteiger partial charge in [0.2, 0.25) is 0 Å². The van der Waals surface area contributed by atoms with Crippen LogP contribution in [0.1, 0.15) is 13.8 Å². The van der Waals surface area contributed by atoms with E-state index >= 15 is 0 Å². The Morgan fingerprint density at radius 2 is 1.81 bits per heavy atom. The first-order valence-corrected chi connectivity index (χ1v) is 8.66. The molecule has 1 saturated heterocycles. The Bertz CT molecular complexity index is 589. The highest BCUT2D eigenvalue weighted by Gasteiger charge is 2.30. The molecule has 6 nitrogen and oxygen atoms in total. The highest BCUT2D eigenvalue weighted by molar-refractivity contribution is 14.0. The molecule has 0 spiro atoms. The van der Waals surface area contributed by atoms with Gasteiger partial charge >= 0.3 is 6.36 Å². The number of hydrogen-bond acceptors (Lipinski definition) is 4. The number of likely N-dealkylation sites (N-methyl/N-ethyl adjacent to an activating group) is 1. The van der Waals surface area contributed by atoms with Crippen molar-refractivity contribution in [3.05, 3.63) is 24.3 Å². The summed E-state index contributed by atoms with van der Waals surface area (Å²) in [6.07, 6.45) is -4.70. The van der Waals surface area contributed by atoms with Crippen LogP contribution in [-0.4, -0.2) is 67.4 Å². The summed E-state index contributed by atoms with van der Waals surface area (Å²) in [7, 11) is 0. The van der Waals surface area contributed by atoms with Gasteiger partial charge in [-0.3, -0.25) is 9.89 Å². The number of aliphatic imine (C=N–C) groups is 1. The fourth-order valence-corrected chi connectivity index (χ4v) is 2.79. The van der Waals surface area contributed by atoms with Crippen molar-refractivity contribution in [2.24, 2.45) is 10.7 Å². The van der Waals surface area contributed by atoms with Gasteiger partial charge in [-0.2, -0.15) is 0 Å². The van der Waals surface area contributed by atoms with E-state index in [0.717, 1.165) is 32.7 Å². The van der Waals surface area contributed by atoms with Crippen molar-refractivity contribution in [2.75, 3.05) is 44.6 Å². The molecule has 0 aromatic heterocycles. The van der Waals surface area contributed by atoms with Crippen LogP contribution in [0.25, 0.3) is 0 Å². The topological polar surface area (TPSA) is 66.1 Å². The van der Waals surface area contributed by atoms with E-state index in [1.807, 2.05) is 0 Å². The second kappa shape index (κ2) is 10.9. The maximum absolute atomic E-state index is 12.1. The summed E-state index contributed by atoms with van der Waals surface area (Å²) in [6, 6.07) is 5.63. The van der Waals surface area contributed by atoms with Gasteiger partial charge in [-0.15, -0.1) is 37.1 Å². The molecule has 1 aromatic carbocycles. The number of alkyl halides is 3. The first kappa shape index (κ1) is 23.8. The number of piperazine rings is 1. The molecule has 1 heterocycles. The van der Waals surface area contributed by atoms with E-state index in [1.165, 1.54) is 24.3 Å². The van der Waals surface area contributed by atoms with E-state index in [1.54, 1.807) is 0 Å². The minimum Gasteiger partial charge on any atom is -0.406 e. The maximum atomic E-state index is 12.1. The molecule has 1 fully saturated rings. The van der Waals surface area contributed by atoms with Gasteiger partial charge in [0.15, 0.2) is 5.96 Å². The average Bonchev–Trinajstić information content (AvgIpc) is 2.60. The molecule has 1 aliphatic rings. The number of nitrogens with one attached hydrogen (secondary N) is 1. The average molecular weight is 501 g/mol. The van der Waals surface area contributed by atoms with Crippen LogP contribution >= 0.6 is 24.0 Å². The molecule has 0 amide bonds. The Morgan fingerprint density at radius 3 is 2.33 bits per heavy atom. The summed E-state index contributed by atoms with van der Waals surface area (Å²) >= 11 is 0. The first-order chi connectivity index (χ1) is 12.3. The Labute approximate surface area is 174 Å². The number of rotatable bonds is 6.